The first-order valence-corrected chi connectivity index (χ1v) is 10.5. The minimum atomic E-state index is 0.804. The van der Waals surface area contributed by atoms with Crippen LogP contribution in [0.5, 0.6) is 0 Å². The third-order valence-corrected chi connectivity index (χ3v) is 7.23. The predicted molar refractivity (Wildman–Crippen MR) is 110 cm³/mol. The molecule has 0 aromatic heterocycles. The lowest BCUT2D eigenvalue weighted by atomic mass is 9.71. The smallest absolute Gasteiger partial charge is 0.0225 e. The fourth-order valence-electron chi connectivity index (χ4n) is 4.34. The third kappa shape index (κ3) is 6.77. The summed E-state index contributed by atoms with van der Waals surface area (Å²) in [7, 11) is 0. The highest BCUT2D eigenvalue weighted by atomic mass is 14.3. The van der Waals surface area contributed by atoms with Gasteiger partial charge in [0.15, 0.2) is 0 Å². The van der Waals surface area contributed by atoms with Crippen molar-refractivity contribution in [3.8, 4) is 0 Å². The largest absolute Gasteiger partial charge is 0.0959 e. The molecule has 0 heteroatoms. The van der Waals surface area contributed by atoms with Crippen LogP contribution in [0.15, 0.2) is 23.8 Å². The Bertz CT molecular complexity index is 390. The Balaban J connectivity index is 0.000000254. The molecule has 140 valence electrons. The molecule has 0 bridgehead atoms. The first-order chi connectivity index (χ1) is 11.1. The van der Waals surface area contributed by atoms with E-state index >= 15 is 0 Å². The Morgan fingerprint density at radius 3 is 1.46 bits per heavy atom. The summed E-state index contributed by atoms with van der Waals surface area (Å²) in [6.45, 7) is 22.6. The zero-order valence-electron chi connectivity index (χ0n) is 17.9. The van der Waals surface area contributed by atoms with Crippen molar-refractivity contribution in [2.45, 2.75) is 87.5 Å². The Morgan fingerprint density at radius 1 is 0.667 bits per heavy atom. The maximum atomic E-state index is 3.99. The third-order valence-electron chi connectivity index (χ3n) is 7.23. The van der Waals surface area contributed by atoms with Crippen LogP contribution in [0.3, 0.4) is 0 Å². The average Bonchev–Trinajstić information content (AvgIpc) is 2.49. The van der Waals surface area contributed by atoms with Crippen LogP contribution >= 0.6 is 0 Å². The minimum absolute atomic E-state index is 0.804. The van der Waals surface area contributed by atoms with Gasteiger partial charge in [0.1, 0.15) is 0 Å². The zero-order valence-corrected chi connectivity index (χ0v) is 17.9. The van der Waals surface area contributed by atoms with Gasteiger partial charge in [0.25, 0.3) is 0 Å². The van der Waals surface area contributed by atoms with Crippen molar-refractivity contribution < 1.29 is 0 Å². The van der Waals surface area contributed by atoms with Gasteiger partial charge in [-0.15, -0.1) is 0 Å². The molecule has 0 N–H and O–H groups in total. The molecular formula is C24H44. The van der Waals surface area contributed by atoms with Gasteiger partial charge in [-0.3, -0.25) is 0 Å². The molecule has 0 heterocycles. The second kappa shape index (κ2) is 9.83. The highest BCUT2D eigenvalue weighted by molar-refractivity contribution is 5.24. The Hall–Kier alpha value is -0.520. The number of allylic oxidation sites excluding steroid dienone is 3. The highest BCUT2D eigenvalue weighted by Crippen LogP contribution is 2.37. The summed E-state index contributed by atoms with van der Waals surface area (Å²) < 4.78 is 0. The Labute approximate surface area is 153 Å². The average molecular weight is 333 g/mol. The number of rotatable bonds is 2. The molecule has 0 radical (unpaired) electrons. The lowest BCUT2D eigenvalue weighted by Gasteiger charge is -2.35. The van der Waals surface area contributed by atoms with E-state index < -0.39 is 0 Å². The molecular weight excluding hydrogens is 288 g/mol. The van der Waals surface area contributed by atoms with Gasteiger partial charge < -0.3 is 0 Å². The molecule has 0 amide bonds. The van der Waals surface area contributed by atoms with Crippen LogP contribution in [0.4, 0.5) is 0 Å². The second-order valence-electron chi connectivity index (χ2n) is 9.54. The van der Waals surface area contributed by atoms with Gasteiger partial charge in [0.2, 0.25) is 0 Å². The molecule has 2 rings (SSSR count). The van der Waals surface area contributed by atoms with E-state index in [1.807, 2.05) is 0 Å². The van der Waals surface area contributed by atoms with Crippen LogP contribution in [0, 0.1) is 41.4 Å². The summed E-state index contributed by atoms with van der Waals surface area (Å²) in [5.74, 6) is 6.47. The molecule has 2 aliphatic carbocycles. The first-order valence-electron chi connectivity index (χ1n) is 10.5. The van der Waals surface area contributed by atoms with E-state index in [1.165, 1.54) is 43.3 Å². The summed E-state index contributed by atoms with van der Waals surface area (Å²) in [5.41, 5.74) is 2.60. The van der Waals surface area contributed by atoms with Gasteiger partial charge in [-0.1, -0.05) is 65.3 Å². The number of hydrogen-bond donors (Lipinski definition) is 0. The normalized spacial score (nSPS) is 40.5. The summed E-state index contributed by atoms with van der Waals surface area (Å²) >= 11 is 0. The molecule has 24 heavy (non-hydrogen) atoms. The van der Waals surface area contributed by atoms with E-state index in [4.69, 9.17) is 0 Å². The van der Waals surface area contributed by atoms with Crippen LogP contribution in [-0.4, -0.2) is 0 Å². The maximum Gasteiger partial charge on any atom is -0.0225 e. The van der Waals surface area contributed by atoms with Crippen LogP contribution in [0.25, 0.3) is 0 Å². The molecule has 7 atom stereocenters. The quantitative estimate of drug-likeness (QED) is 0.451. The van der Waals surface area contributed by atoms with E-state index in [0.29, 0.717) is 0 Å². The standard InChI is InChI=1S/C14H24.C10H20/c1-10(2)12(4)8-14-7-6-11(3)13(5)9-14;1-7-5-9(3)10(4)6-8(7)2/h8,11,13-14H,1,6-7,9H2,2-5H3;7-10H,5-6H2,1-4H3/b12-8-;. The van der Waals surface area contributed by atoms with Crippen LogP contribution in [0.1, 0.15) is 87.5 Å². The van der Waals surface area contributed by atoms with E-state index in [1.54, 1.807) is 0 Å². The van der Waals surface area contributed by atoms with E-state index in [9.17, 15) is 0 Å². The maximum absolute atomic E-state index is 3.99. The van der Waals surface area contributed by atoms with Gasteiger partial charge in [-0.25, -0.2) is 0 Å². The van der Waals surface area contributed by atoms with Crippen molar-refractivity contribution in [1.29, 1.82) is 0 Å². The molecule has 2 fully saturated rings. The number of hydrogen-bond acceptors (Lipinski definition) is 0. The zero-order chi connectivity index (χ0) is 18.4. The molecule has 0 aromatic rings. The SMILES string of the molecule is C=C(C)/C(C)=C\C1CCC(C)C(C)C1.CC1CC(C)C(C)CC1C. The molecule has 0 nitrogen and oxygen atoms in total. The van der Waals surface area contributed by atoms with Gasteiger partial charge in [-0.05, 0) is 87.4 Å². The van der Waals surface area contributed by atoms with Crippen molar-refractivity contribution in [2.75, 3.05) is 0 Å². The monoisotopic (exact) mass is 332 g/mol. The molecule has 0 aliphatic heterocycles. The van der Waals surface area contributed by atoms with E-state index in [-0.39, 0.29) is 0 Å². The molecule has 0 spiro atoms. The predicted octanol–water partition coefficient (Wildman–Crippen LogP) is 7.91. The van der Waals surface area contributed by atoms with Crippen molar-refractivity contribution >= 4 is 0 Å². The van der Waals surface area contributed by atoms with Crippen molar-refractivity contribution in [1.82, 2.24) is 0 Å². The molecule has 0 saturated heterocycles. The van der Waals surface area contributed by atoms with Gasteiger partial charge in [0, 0.05) is 0 Å². The summed E-state index contributed by atoms with van der Waals surface area (Å²) in [6.07, 6.45) is 9.46. The summed E-state index contributed by atoms with van der Waals surface area (Å²) in [4.78, 5) is 0. The lowest BCUT2D eigenvalue weighted by Crippen LogP contribution is -2.25. The summed E-state index contributed by atoms with van der Waals surface area (Å²) in [5, 5.41) is 0. The molecule has 0 aromatic carbocycles. The Morgan fingerprint density at radius 2 is 1.08 bits per heavy atom. The molecule has 7 unspecified atom stereocenters. The van der Waals surface area contributed by atoms with Crippen molar-refractivity contribution in [3.05, 3.63) is 23.8 Å². The van der Waals surface area contributed by atoms with E-state index in [2.05, 4.69) is 68.0 Å². The van der Waals surface area contributed by atoms with Crippen LogP contribution in [-0.2, 0) is 0 Å². The van der Waals surface area contributed by atoms with Crippen molar-refractivity contribution in [3.63, 3.8) is 0 Å². The Kier molecular flexibility index (Phi) is 8.82. The lowest BCUT2D eigenvalue weighted by molar-refractivity contribution is 0.157. The van der Waals surface area contributed by atoms with Crippen LogP contribution in [0.2, 0.25) is 0 Å². The molecule has 2 saturated carbocycles. The van der Waals surface area contributed by atoms with Gasteiger partial charge in [0.05, 0.1) is 0 Å². The topological polar surface area (TPSA) is 0 Å². The first kappa shape index (κ1) is 21.5. The van der Waals surface area contributed by atoms with Gasteiger partial charge >= 0.3 is 0 Å². The second-order valence-corrected chi connectivity index (χ2v) is 9.54. The van der Waals surface area contributed by atoms with Crippen LogP contribution < -0.4 is 0 Å². The minimum Gasteiger partial charge on any atom is -0.0959 e. The fraction of sp³-hybridized carbons (Fsp3) is 0.833. The summed E-state index contributed by atoms with van der Waals surface area (Å²) in [6, 6.07) is 0. The van der Waals surface area contributed by atoms with Gasteiger partial charge in [-0.2, -0.15) is 0 Å². The fourth-order valence-corrected chi connectivity index (χ4v) is 4.34. The van der Waals surface area contributed by atoms with E-state index in [0.717, 1.165) is 41.4 Å². The highest BCUT2D eigenvalue weighted by Gasteiger charge is 2.27. The van der Waals surface area contributed by atoms with Crippen molar-refractivity contribution in [2.24, 2.45) is 41.4 Å². The molecule has 2 aliphatic rings.